The number of nitrogens with one attached hydrogen (secondary N) is 1. The van der Waals surface area contributed by atoms with E-state index >= 15 is 0 Å². The first-order valence-electron chi connectivity index (χ1n) is 9.37. The number of aryl methyl sites for hydroxylation is 1. The molecule has 0 unspecified atom stereocenters. The molecule has 2 aliphatic heterocycles. The molecule has 1 aromatic carbocycles. The Kier molecular flexibility index (Phi) is 4.88. The number of hydrogen-bond donors (Lipinski definition) is 1. The van der Waals surface area contributed by atoms with Gasteiger partial charge in [0.2, 0.25) is 0 Å². The zero-order valence-corrected chi connectivity index (χ0v) is 15.7. The second-order valence-corrected chi connectivity index (χ2v) is 7.41. The summed E-state index contributed by atoms with van der Waals surface area (Å²) in [6.07, 6.45) is 1.84. The second kappa shape index (κ2) is 7.49. The molecule has 0 aliphatic carbocycles. The molecule has 28 heavy (non-hydrogen) atoms. The van der Waals surface area contributed by atoms with Crippen LogP contribution in [0.5, 0.6) is 0 Å². The van der Waals surface area contributed by atoms with Gasteiger partial charge in [-0.15, -0.1) is 0 Å². The lowest BCUT2D eigenvalue weighted by atomic mass is 9.93. The minimum Gasteiger partial charge on any atom is -0.376 e. The normalized spacial score (nSPS) is 23.3. The lowest BCUT2D eigenvalue weighted by Gasteiger charge is -2.20. The summed E-state index contributed by atoms with van der Waals surface area (Å²) in [5.74, 6) is 0.200. The van der Waals surface area contributed by atoms with E-state index in [4.69, 9.17) is 10.00 Å². The number of benzene rings is 1. The molecule has 7 nitrogen and oxygen atoms in total. The van der Waals surface area contributed by atoms with Crippen molar-refractivity contribution < 1.29 is 14.3 Å². The highest BCUT2D eigenvalue weighted by Crippen LogP contribution is 2.34. The van der Waals surface area contributed by atoms with Crippen LogP contribution in [0.15, 0.2) is 42.6 Å². The topological polar surface area (TPSA) is 87.4 Å². The van der Waals surface area contributed by atoms with Gasteiger partial charge < -0.3 is 19.5 Å². The van der Waals surface area contributed by atoms with Gasteiger partial charge in [-0.2, -0.15) is 5.26 Å². The largest absolute Gasteiger partial charge is 0.376 e. The third-order valence-corrected chi connectivity index (χ3v) is 5.67. The Hall–Kier alpha value is -3.11. The molecule has 0 bridgehead atoms. The highest BCUT2D eigenvalue weighted by Gasteiger charge is 2.45. The fraction of sp³-hybridized carbons (Fsp3) is 0.381. The minimum absolute atomic E-state index is 0.0000351. The van der Waals surface area contributed by atoms with Crippen LogP contribution in [0.4, 0.5) is 0 Å². The van der Waals surface area contributed by atoms with Crippen LogP contribution < -0.4 is 5.32 Å². The molecule has 144 valence electrons. The van der Waals surface area contributed by atoms with Gasteiger partial charge in [0.15, 0.2) is 0 Å². The first kappa shape index (κ1) is 18.3. The summed E-state index contributed by atoms with van der Waals surface area (Å²) in [5.41, 5.74) is 1.62. The Balaban J connectivity index is 1.37. The van der Waals surface area contributed by atoms with Crippen LogP contribution in [0.3, 0.4) is 0 Å². The number of carbonyl (C=O) groups is 2. The van der Waals surface area contributed by atoms with Crippen molar-refractivity contribution >= 4 is 11.8 Å². The van der Waals surface area contributed by atoms with Gasteiger partial charge in [-0.25, -0.2) is 0 Å². The summed E-state index contributed by atoms with van der Waals surface area (Å²) in [5, 5.41) is 12.0. The zero-order chi connectivity index (χ0) is 19.7. The van der Waals surface area contributed by atoms with E-state index < -0.39 is 0 Å². The van der Waals surface area contributed by atoms with Crippen molar-refractivity contribution in [1.29, 1.82) is 5.26 Å². The Morgan fingerprint density at radius 2 is 2.14 bits per heavy atom. The smallest absolute Gasteiger partial charge is 0.267 e. The molecule has 2 aromatic rings. The Morgan fingerprint density at radius 1 is 1.29 bits per heavy atom. The lowest BCUT2D eigenvalue weighted by molar-refractivity contribution is 0.0674. The van der Waals surface area contributed by atoms with E-state index in [0.29, 0.717) is 43.1 Å². The molecular weight excluding hydrogens is 356 g/mol. The van der Waals surface area contributed by atoms with E-state index in [-0.39, 0.29) is 29.8 Å². The quantitative estimate of drug-likeness (QED) is 0.872. The number of likely N-dealkylation sites (tertiary alicyclic amines) is 1. The summed E-state index contributed by atoms with van der Waals surface area (Å²) < 4.78 is 7.68. The standard InChI is InChI=1S/C21H22N4O3/c1-24-7-3-6-18(24)20(26)23-10-16-13-28-19-12-25(11-17(16)19)21(27)15-5-2-4-14(8-15)9-22/h2-8,16-17,19H,10-13H2,1H3,(H,23,26)/t16-,17+,19+/m0/s1. The number of nitrogens with zero attached hydrogens (tertiary/aromatic N) is 3. The van der Waals surface area contributed by atoms with Crippen molar-refractivity contribution in [2.24, 2.45) is 18.9 Å². The average Bonchev–Trinajstić information content (AvgIpc) is 3.41. The first-order chi connectivity index (χ1) is 13.6. The number of amides is 2. The number of fused-ring (bicyclic) bond motifs is 1. The van der Waals surface area contributed by atoms with Gasteiger partial charge in [0.25, 0.3) is 11.8 Å². The highest BCUT2D eigenvalue weighted by molar-refractivity contribution is 5.95. The third kappa shape index (κ3) is 3.39. The van der Waals surface area contributed by atoms with E-state index in [2.05, 4.69) is 11.4 Å². The van der Waals surface area contributed by atoms with Crippen LogP contribution in [0, 0.1) is 23.2 Å². The van der Waals surface area contributed by atoms with Gasteiger partial charge in [-0.3, -0.25) is 9.59 Å². The van der Waals surface area contributed by atoms with Crippen LogP contribution in [0.25, 0.3) is 0 Å². The number of carbonyl (C=O) groups excluding carboxylic acids is 2. The Morgan fingerprint density at radius 3 is 2.89 bits per heavy atom. The van der Waals surface area contributed by atoms with E-state index in [1.165, 1.54) is 0 Å². The van der Waals surface area contributed by atoms with Crippen molar-refractivity contribution in [2.45, 2.75) is 6.10 Å². The summed E-state index contributed by atoms with van der Waals surface area (Å²) in [6.45, 7) is 2.26. The monoisotopic (exact) mass is 378 g/mol. The molecular formula is C21H22N4O3. The van der Waals surface area contributed by atoms with Crippen molar-refractivity contribution in [3.63, 3.8) is 0 Å². The number of nitriles is 1. The van der Waals surface area contributed by atoms with Gasteiger partial charge >= 0.3 is 0 Å². The molecule has 2 amide bonds. The molecule has 0 spiro atoms. The SMILES string of the molecule is Cn1cccc1C(=O)NC[C@H]1CO[C@@H]2CN(C(=O)c3cccc(C#N)c3)C[C@H]12. The van der Waals surface area contributed by atoms with Crippen molar-refractivity contribution in [3.05, 3.63) is 59.4 Å². The van der Waals surface area contributed by atoms with Crippen LogP contribution in [0.1, 0.15) is 26.4 Å². The third-order valence-electron chi connectivity index (χ3n) is 5.67. The number of hydrogen-bond acceptors (Lipinski definition) is 4. The molecule has 0 saturated carbocycles. The van der Waals surface area contributed by atoms with Crippen LogP contribution in [-0.2, 0) is 11.8 Å². The molecule has 2 saturated heterocycles. The first-order valence-corrected chi connectivity index (χ1v) is 9.37. The van der Waals surface area contributed by atoms with Crippen LogP contribution in [-0.4, -0.2) is 53.6 Å². The lowest BCUT2D eigenvalue weighted by Crippen LogP contribution is -2.35. The number of ether oxygens (including phenoxy) is 1. The molecule has 7 heteroatoms. The fourth-order valence-electron chi connectivity index (χ4n) is 4.09. The van der Waals surface area contributed by atoms with Crippen LogP contribution >= 0.6 is 0 Å². The van der Waals surface area contributed by atoms with E-state index in [1.54, 1.807) is 39.8 Å². The molecule has 1 aromatic heterocycles. The Labute approximate surface area is 163 Å². The fourth-order valence-corrected chi connectivity index (χ4v) is 4.09. The second-order valence-electron chi connectivity index (χ2n) is 7.41. The number of aromatic nitrogens is 1. The van der Waals surface area contributed by atoms with Gasteiger partial charge in [0.1, 0.15) is 5.69 Å². The predicted molar refractivity (Wildman–Crippen MR) is 102 cm³/mol. The highest BCUT2D eigenvalue weighted by atomic mass is 16.5. The molecule has 1 N–H and O–H groups in total. The van der Waals surface area contributed by atoms with Gasteiger partial charge in [-0.1, -0.05) is 6.07 Å². The summed E-state index contributed by atoms with van der Waals surface area (Å²) in [4.78, 5) is 26.9. The zero-order valence-electron chi connectivity index (χ0n) is 15.7. The molecule has 2 aliphatic rings. The van der Waals surface area contributed by atoms with E-state index in [9.17, 15) is 9.59 Å². The van der Waals surface area contributed by atoms with E-state index in [0.717, 1.165) is 0 Å². The molecule has 3 heterocycles. The van der Waals surface area contributed by atoms with Gasteiger partial charge in [0.05, 0.1) is 24.3 Å². The minimum atomic E-state index is -0.102. The summed E-state index contributed by atoms with van der Waals surface area (Å²) in [7, 11) is 1.84. The molecule has 4 rings (SSSR count). The molecule has 2 fully saturated rings. The van der Waals surface area contributed by atoms with Crippen LogP contribution in [0.2, 0.25) is 0 Å². The molecule has 0 radical (unpaired) electrons. The maximum atomic E-state index is 12.8. The summed E-state index contributed by atoms with van der Waals surface area (Å²) in [6, 6.07) is 12.4. The maximum Gasteiger partial charge on any atom is 0.267 e. The van der Waals surface area contributed by atoms with Crippen molar-refractivity contribution in [2.75, 3.05) is 26.2 Å². The van der Waals surface area contributed by atoms with Crippen molar-refractivity contribution in [1.82, 2.24) is 14.8 Å². The average molecular weight is 378 g/mol. The Bertz CT molecular complexity index is 945. The number of rotatable bonds is 4. The molecule has 3 atom stereocenters. The maximum absolute atomic E-state index is 12.8. The van der Waals surface area contributed by atoms with Gasteiger partial charge in [0, 0.05) is 50.3 Å². The van der Waals surface area contributed by atoms with E-state index in [1.807, 2.05) is 19.3 Å². The summed E-state index contributed by atoms with van der Waals surface area (Å²) >= 11 is 0. The van der Waals surface area contributed by atoms with Crippen molar-refractivity contribution in [3.8, 4) is 6.07 Å². The van der Waals surface area contributed by atoms with Gasteiger partial charge in [-0.05, 0) is 30.3 Å². The predicted octanol–water partition coefficient (Wildman–Crippen LogP) is 1.41.